The predicted octanol–water partition coefficient (Wildman–Crippen LogP) is 3.53. The van der Waals surface area contributed by atoms with Crippen LogP contribution in [0.4, 0.5) is 4.39 Å². The molecule has 7 nitrogen and oxygen atoms in total. The molecule has 1 unspecified atom stereocenters. The summed E-state index contributed by atoms with van der Waals surface area (Å²) in [7, 11) is 1.30. The Labute approximate surface area is 207 Å². The zero-order valence-corrected chi connectivity index (χ0v) is 22.3. The van der Waals surface area contributed by atoms with E-state index in [-0.39, 0.29) is 30.1 Å². The van der Waals surface area contributed by atoms with Gasteiger partial charge in [0.25, 0.3) is 0 Å². The van der Waals surface area contributed by atoms with Crippen molar-refractivity contribution >= 4 is 48.0 Å². The second-order valence-corrected chi connectivity index (χ2v) is 9.31. The van der Waals surface area contributed by atoms with Gasteiger partial charge in [-0.3, -0.25) is 14.4 Å². The van der Waals surface area contributed by atoms with Crippen LogP contribution in [0.3, 0.4) is 0 Å². The summed E-state index contributed by atoms with van der Waals surface area (Å²) in [5.74, 6) is -0.358. The van der Waals surface area contributed by atoms with E-state index in [1.54, 1.807) is 12.1 Å². The number of rotatable bonds is 13. The highest BCUT2D eigenvalue weighted by atomic mass is 127. The number of hydrogen-bond acceptors (Lipinski definition) is 5. The summed E-state index contributed by atoms with van der Waals surface area (Å²) in [6.45, 7) is 9.45. The molecule has 0 radical (unpaired) electrons. The van der Waals surface area contributed by atoms with E-state index < -0.39 is 6.04 Å². The Balaban J connectivity index is 0.000000900. The monoisotopic (exact) mass is 582 g/mol. The van der Waals surface area contributed by atoms with Crippen molar-refractivity contribution < 1.29 is 18.8 Å². The minimum atomic E-state index is -0.687. The quantitative estimate of drug-likeness (QED) is 0.162. The summed E-state index contributed by atoms with van der Waals surface area (Å²) in [6.07, 6.45) is 3.15. The third kappa shape index (κ3) is 16.3. The highest BCUT2D eigenvalue weighted by Gasteiger charge is 2.21. The maximum Gasteiger partial charge on any atom is 0.242 e. The molecule has 0 aliphatic heterocycles. The maximum absolute atomic E-state index is 13.0. The fraction of sp³-hybridized carbons (Fsp3) is 0.591. The van der Waals surface area contributed by atoms with E-state index in [1.807, 2.05) is 42.0 Å². The molecule has 1 aromatic carbocycles. The van der Waals surface area contributed by atoms with Gasteiger partial charge in [0.15, 0.2) is 0 Å². The Kier molecular flexibility index (Phi) is 18.3. The van der Waals surface area contributed by atoms with Crippen molar-refractivity contribution in [3.8, 4) is 0 Å². The molecule has 0 bridgehead atoms. The summed E-state index contributed by atoms with van der Waals surface area (Å²) >= 11 is 2.02. The summed E-state index contributed by atoms with van der Waals surface area (Å²) in [4.78, 5) is 34.7. The normalized spacial score (nSPS) is 11.2. The van der Waals surface area contributed by atoms with Crippen molar-refractivity contribution in [1.29, 1.82) is 0 Å². The molecule has 0 saturated heterocycles. The van der Waals surface area contributed by atoms with Gasteiger partial charge in [-0.1, -0.05) is 46.2 Å². The molecular weight excluding hydrogens is 546 g/mol. The Bertz CT molecular complexity index is 678. The molecule has 0 heterocycles. The van der Waals surface area contributed by atoms with Crippen LogP contribution in [-0.4, -0.2) is 43.4 Å². The van der Waals surface area contributed by atoms with Gasteiger partial charge < -0.3 is 16.0 Å². The lowest BCUT2D eigenvalue weighted by Crippen LogP contribution is -2.50. The molecule has 182 valence electrons. The average molecular weight is 583 g/mol. The van der Waals surface area contributed by atoms with Gasteiger partial charge in [0.2, 0.25) is 17.7 Å². The van der Waals surface area contributed by atoms with E-state index in [1.165, 1.54) is 21.3 Å². The van der Waals surface area contributed by atoms with E-state index in [2.05, 4.69) is 27.6 Å². The first-order chi connectivity index (χ1) is 15.2. The van der Waals surface area contributed by atoms with E-state index >= 15 is 0 Å². The van der Waals surface area contributed by atoms with Crippen molar-refractivity contribution in [2.45, 2.75) is 59.4 Å². The van der Waals surface area contributed by atoms with Crippen LogP contribution >= 0.6 is 30.3 Å². The molecule has 0 fully saturated rings. The second kappa shape index (κ2) is 19.1. The van der Waals surface area contributed by atoms with Crippen LogP contribution in [0, 0.1) is 11.7 Å². The standard InChI is InChI=1S/C15H21FIN3O2S.C7H15NO/c1-10(2)8-18-15(22)13(20-14(21)9-19-23-17)7-11-3-5-12(16)6-4-11;1-3-5-6-8-7(9)4-2/h3-6,10,13,19H,7-9H2,1-2H3,(H,18,22)(H,20,21);3-6H2,1-2H3,(H,8,9). The Morgan fingerprint density at radius 2 is 1.72 bits per heavy atom. The average Bonchev–Trinajstić information content (AvgIpc) is 2.77. The summed E-state index contributed by atoms with van der Waals surface area (Å²) in [5.41, 5.74) is 0.785. The first kappa shape index (κ1) is 30.6. The van der Waals surface area contributed by atoms with E-state index in [0.29, 0.717) is 25.3 Å². The molecule has 0 saturated carbocycles. The van der Waals surface area contributed by atoms with Gasteiger partial charge >= 0.3 is 0 Å². The number of carbonyl (C=O) groups is 3. The minimum absolute atomic E-state index is 0.116. The van der Waals surface area contributed by atoms with E-state index in [4.69, 9.17) is 0 Å². The summed E-state index contributed by atoms with van der Waals surface area (Å²) < 4.78 is 15.8. The number of hydrogen-bond donors (Lipinski definition) is 4. The Morgan fingerprint density at radius 1 is 1.06 bits per heavy atom. The Morgan fingerprint density at radius 3 is 2.25 bits per heavy atom. The summed E-state index contributed by atoms with van der Waals surface area (Å²) in [5, 5.41) is 8.33. The van der Waals surface area contributed by atoms with Gasteiger partial charge in [-0.15, -0.1) is 0 Å². The minimum Gasteiger partial charge on any atom is -0.356 e. The number of amides is 3. The van der Waals surface area contributed by atoms with Crippen LogP contribution < -0.4 is 20.7 Å². The third-order valence-electron chi connectivity index (χ3n) is 4.15. The van der Waals surface area contributed by atoms with E-state index in [0.717, 1.165) is 24.9 Å². The fourth-order valence-electron chi connectivity index (χ4n) is 2.36. The van der Waals surface area contributed by atoms with Gasteiger partial charge in [0, 0.05) is 47.1 Å². The molecule has 4 N–H and O–H groups in total. The molecule has 0 spiro atoms. The van der Waals surface area contributed by atoms with Crippen LogP contribution in [0.25, 0.3) is 0 Å². The van der Waals surface area contributed by atoms with Crippen LogP contribution in [0.1, 0.15) is 52.5 Å². The number of carbonyl (C=O) groups excluding carboxylic acids is 3. The fourth-order valence-corrected chi connectivity index (χ4v) is 3.01. The molecule has 1 aromatic rings. The van der Waals surface area contributed by atoms with Crippen molar-refractivity contribution in [2.75, 3.05) is 19.6 Å². The molecule has 1 atom stereocenters. The zero-order valence-electron chi connectivity index (χ0n) is 19.3. The van der Waals surface area contributed by atoms with Crippen molar-refractivity contribution in [2.24, 2.45) is 5.92 Å². The van der Waals surface area contributed by atoms with Crippen LogP contribution in [-0.2, 0) is 20.8 Å². The summed E-state index contributed by atoms with van der Waals surface area (Å²) in [6, 6.07) is 5.22. The SMILES string of the molecule is CC(C)CNC(=O)C(Cc1ccc(F)cc1)NC(=O)CNSI.CCCCNC(=O)CC. The van der Waals surface area contributed by atoms with Gasteiger partial charge in [0.1, 0.15) is 11.9 Å². The van der Waals surface area contributed by atoms with Crippen LogP contribution in [0.2, 0.25) is 0 Å². The highest BCUT2D eigenvalue weighted by molar-refractivity contribution is 14.2. The molecule has 1 rings (SSSR count). The molecular formula is C22H36FIN4O3S. The smallest absolute Gasteiger partial charge is 0.242 e. The largest absolute Gasteiger partial charge is 0.356 e. The molecule has 0 aliphatic rings. The second-order valence-electron chi connectivity index (χ2n) is 7.55. The van der Waals surface area contributed by atoms with Crippen molar-refractivity contribution in [1.82, 2.24) is 20.7 Å². The zero-order chi connectivity index (χ0) is 24.4. The van der Waals surface area contributed by atoms with Crippen molar-refractivity contribution in [3.63, 3.8) is 0 Å². The molecule has 32 heavy (non-hydrogen) atoms. The molecule has 0 aliphatic carbocycles. The number of halogens is 2. The lowest BCUT2D eigenvalue weighted by atomic mass is 10.0. The van der Waals surface area contributed by atoms with Gasteiger partial charge in [-0.25, -0.2) is 9.11 Å². The van der Waals surface area contributed by atoms with Gasteiger partial charge in [-0.2, -0.15) is 0 Å². The lowest BCUT2D eigenvalue weighted by Gasteiger charge is -2.19. The number of benzene rings is 1. The number of unbranched alkanes of at least 4 members (excludes halogenated alkanes) is 1. The van der Waals surface area contributed by atoms with Crippen LogP contribution in [0.5, 0.6) is 0 Å². The predicted molar refractivity (Wildman–Crippen MR) is 138 cm³/mol. The molecule has 10 heteroatoms. The first-order valence-electron chi connectivity index (χ1n) is 10.8. The molecule has 3 amide bonds. The lowest BCUT2D eigenvalue weighted by molar-refractivity contribution is -0.128. The maximum atomic E-state index is 13.0. The van der Waals surface area contributed by atoms with Gasteiger partial charge in [-0.05, 0) is 39.2 Å². The first-order valence-corrected chi connectivity index (χ1v) is 14.2. The Hall–Kier alpha value is -1.40. The van der Waals surface area contributed by atoms with Gasteiger partial charge in [0.05, 0.1) is 6.54 Å². The van der Waals surface area contributed by atoms with E-state index in [9.17, 15) is 18.8 Å². The van der Waals surface area contributed by atoms with Crippen LogP contribution in [0.15, 0.2) is 24.3 Å². The topological polar surface area (TPSA) is 99.3 Å². The molecule has 0 aromatic heterocycles. The third-order valence-corrected chi connectivity index (χ3v) is 5.34. The van der Waals surface area contributed by atoms with Crippen molar-refractivity contribution in [3.05, 3.63) is 35.6 Å². The highest BCUT2D eigenvalue weighted by Crippen LogP contribution is 2.07. The number of nitrogens with one attached hydrogen (secondary N) is 4.